The molecule has 0 atom stereocenters. The summed E-state index contributed by atoms with van der Waals surface area (Å²) in [6.45, 7) is 0. The molecule has 2 heterocycles. The highest BCUT2D eigenvalue weighted by Gasteiger charge is 2.11. The van der Waals surface area contributed by atoms with E-state index in [1.54, 1.807) is 33.7 Å². The fourth-order valence-electron chi connectivity index (χ4n) is 3.23. The van der Waals surface area contributed by atoms with Crippen molar-refractivity contribution in [2.45, 2.75) is 0 Å². The monoisotopic (exact) mass is 387 g/mol. The highest BCUT2D eigenvalue weighted by molar-refractivity contribution is 5.95. The van der Waals surface area contributed by atoms with Gasteiger partial charge in [0.25, 0.3) is 0 Å². The topological polar surface area (TPSA) is 65.5 Å². The standard InChI is InChI=1S/C23H21N3O3/c1-27-18-10-16(15-5-4-7-24-14-15)9-17(11-18)26-20-6-8-25-21-13-23(29-3)22(28-2)12-19(20)21/h4-14H,1-3H3,(H,25,26). The summed E-state index contributed by atoms with van der Waals surface area (Å²) in [6, 6.07) is 15.7. The van der Waals surface area contributed by atoms with Gasteiger partial charge in [0.05, 0.1) is 26.8 Å². The molecule has 0 aliphatic carbocycles. The molecule has 2 aromatic carbocycles. The van der Waals surface area contributed by atoms with Gasteiger partial charge in [-0.05, 0) is 35.9 Å². The fourth-order valence-corrected chi connectivity index (χ4v) is 3.23. The second-order valence-electron chi connectivity index (χ2n) is 6.40. The number of fused-ring (bicyclic) bond motifs is 1. The Morgan fingerprint density at radius 3 is 2.34 bits per heavy atom. The predicted octanol–water partition coefficient (Wildman–Crippen LogP) is 5.07. The highest BCUT2D eigenvalue weighted by atomic mass is 16.5. The lowest BCUT2D eigenvalue weighted by Crippen LogP contribution is -1.96. The van der Waals surface area contributed by atoms with E-state index in [2.05, 4.69) is 21.4 Å². The molecule has 146 valence electrons. The summed E-state index contributed by atoms with van der Waals surface area (Å²) in [7, 11) is 4.89. The minimum Gasteiger partial charge on any atom is -0.497 e. The van der Waals surface area contributed by atoms with Crippen molar-refractivity contribution in [1.29, 1.82) is 0 Å². The van der Waals surface area contributed by atoms with Crippen molar-refractivity contribution in [3.05, 3.63) is 67.1 Å². The van der Waals surface area contributed by atoms with Crippen molar-refractivity contribution in [1.82, 2.24) is 9.97 Å². The first-order valence-corrected chi connectivity index (χ1v) is 9.09. The molecule has 6 nitrogen and oxygen atoms in total. The minimum atomic E-state index is 0.643. The van der Waals surface area contributed by atoms with Crippen molar-refractivity contribution < 1.29 is 14.2 Å². The molecule has 1 N–H and O–H groups in total. The molecule has 0 spiro atoms. The Balaban J connectivity index is 1.78. The number of hydrogen-bond donors (Lipinski definition) is 1. The minimum absolute atomic E-state index is 0.643. The van der Waals surface area contributed by atoms with Crippen LogP contribution < -0.4 is 19.5 Å². The molecular weight excluding hydrogens is 366 g/mol. The number of methoxy groups -OCH3 is 3. The van der Waals surface area contributed by atoms with Crippen LogP contribution in [0.4, 0.5) is 11.4 Å². The summed E-state index contributed by atoms with van der Waals surface area (Å²) in [5, 5.41) is 4.41. The predicted molar refractivity (Wildman–Crippen MR) is 114 cm³/mol. The van der Waals surface area contributed by atoms with Crippen LogP contribution in [0.15, 0.2) is 67.1 Å². The summed E-state index contributed by atoms with van der Waals surface area (Å²) >= 11 is 0. The van der Waals surface area contributed by atoms with Gasteiger partial charge in [-0.25, -0.2) is 0 Å². The lowest BCUT2D eigenvalue weighted by molar-refractivity contribution is 0.356. The molecule has 0 unspecified atom stereocenters. The zero-order valence-electron chi connectivity index (χ0n) is 16.5. The number of nitrogens with one attached hydrogen (secondary N) is 1. The third-order valence-corrected chi connectivity index (χ3v) is 4.66. The maximum Gasteiger partial charge on any atom is 0.162 e. The zero-order chi connectivity index (χ0) is 20.2. The summed E-state index contributed by atoms with van der Waals surface area (Å²) < 4.78 is 16.3. The van der Waals surface area contributed by atoms with Gasteiger partial charge in [0.2, 0.25) is 0 Å². The van der Waals surface area contributed by atoms with Crippen LogP contribution in [0.3, 0.4) is 0 Å². The third-order valence-electron chi connectivity index (χ3n) is 4.66. The molecule has 2 aromatic heterocycles. The van der Waals surface area contributed by atoms with Crippen LogP contribution in [0.5, 0.6) is 17.2 Å². The van der Waals surface area contributed by atoms with Gasteiger partial charge in [0.15, 0.2) is 11.5 Å². The smallest absolute Gasteiger partial charge is 0.162 e. The van der Waals surface area contributed by atoms with Gasteiger partial charge in [-0.1, -0.05) is 6.07 Å². The summed E-state index contributed by atoms with van der Waals surface area (Å²) in [6.07, 6.45) is 5.35. The number of nitrogens with zero attached hydrogens (tertiary/aromatic N) is 2. The molecule has 29 heavy (non-hydrogen) atoms. The van der Waals surface area contributed by atoms with Gasteiger partial charge in [-0.15, -0.1) is 0 Å². The number of hydrogen-bond acceptors (Lipinski definition) is 6. The first kappa shape index (κ1) is 18.6. The molecule has 4 aromatic rings. The zero-order valence-corrected chi connectivity index (χ0v) is 16.5. The first-order valence-electron chi connectivity index (χ1n) is 9.09. The van der Waals surface area contributed by atoms with Crippen LogP contribution in [-0.2, 0) is 0 Å². The van der Waals surface area contributed by atoms with Crippen LogP contribution in [-0.4, -0.2) is 31.3 Å². The fraction of sp³-hybridized carbons (Fsp3) is 0.130. The van der Waals surface area contributed by atoms with Crippen molar-refractivity contribution in [3.63, 3.8) is 0 Å². The summed E-state index contributed by atoms with van der Waals surface area (Å²) in [5.74, 6) is 2.05. The van der Waals surface area contributed by atoms with Crippen LogP contribution in [0, 0.1) is 0 Å². The Morgan fingerprint density at radius 2 is 1.62 bits per heavy atom. The summed E-state index contributed by atoms with van der Waals surface area (Å²) in [5.41, 5.74) is 4.63. The molecule has 0 aliphatic heterocycles. The molecule has 0 saturated carbocycles. The molecule has 0 bridgehead atoms. The van der Waals surface area contributed by atoms with Gasteiger partial charge >= 0.3 is 0 Å². The average molecular weight is 387 g/mol. The molecule has 0 saturated heterocycles. The Labute approximate surface area is 169 Å². The molecule has 0 radical (unpaired) electrons. The Kier molecular flexibility index (Phi) is 5.16. The first-order chi connectivity index (χ1) is 14.2. The van der Waals surface area contributed by atoms with E-state index in [0.717, 1.165) is 39.2 Å². The Bertz CT molecular complexity index is 1150. The number of rotatable bonds is 6. The van der Waals surface area contributed by atoms with E-state index in [-0.39, 0.29) is 0 Å². The van der Waals surface area contributed by atoms with Crippen LogP contribution in [0.2, 0.25) is 0 Å². The van der Waals surface area contributed by atoms with Crippen LogP contribution in [0.25, 0.3) is 22.0 Å². The van der Waals surface area contributed by atoms with E-state index in [0.29, 0.717) is 11.5 Å². The van der Waals surface area contributed by atoms with Crippen molar-refractivity contribution >= 4 is 22.3 Å². The molecular formula is C23H21N3O3. The SMILES string of the molecule is COc1cc(Nc2ccnc3cc(OC)c(OC)cc23)cc(-c2cccnc2)c1. The van der Waals surface area contributed by atoms with E-state index in [9.17, 15) is 0 Å². The molecule has 0 aliphatic rings. The van der Waals surface area contributed by atoms with E-state index in [4.69, 9.17) is 14.2 Å². The summed E-state index contributed by atoms with van der Waals surface area (Å²) in [4.78, 5) is 8.67. The third kappa shape index (κ3) is 3.78. The number of ether oxygens (including phenoxy) is 3. The lowest BCUT2D eigenvalue weighted by Gasteiger charge is -2.14. The van der Waals surface area contributed by atoms with Gasteiger partial charge in [-0.3, -0.25) is 9.97 Å². The number of pyridine rings is 2. The van der Waals surface area contributed by atoms with E-state index >= 15 is 0 Å². The van der Waals surface area contributed by atoms with E-state index < -0.39 is 0 Å². The van der Waals surface area contributed by atoms with Crippen LogP contribution >= 0.6 is 0 Å². The maximum absolute atomic E-state index is 5.50. The number of aromatic nitrogens is 2. The van der Waals surface area contributed by atoms with Crippen molar-refractivity contribution in [3.8, 4) is 28.4 Å². The van der Waals surface area contributed by atoms with Gasteiger partial charge < -0.3 is 19.5 Å². The largest absolute Gasteiger partial charge is 0.497 e. The van der Waals surface area contributed by atoms with Gasteiger partial charge in [-0.2, -0.15) is 0 Å². The highest BCUT2D eigenvalue weighted by Crippen LogP contribution is 2.36. The number of benzene rings is 2. The maximum atomic E-state index is 5.50. The van der Waals surface area contributed by atoms with Crippen LogP contribution in [0.1, 0.15) is 0 Å². The quantitative estimate of drug-likeness (QED) is 0.498. The van der Waals surface area contributed by atoms with Crippen molar-refractivity contribution in [2.75, 3.05) is 26.6 Å². The lowest BCUT2D eigenvalue weighted by atomic mass is 10.1. The van der Waals surface area contributed by atoms with Gasteiger partial charge in [0.1, 0.15) is 5.75 Å². The Morgan fingerprint density at radius 1 is 0.793 bits per heavy atom. The Hall–Kier alpha value is -3.80. The van der Waals surface area contributed by atoms with Gasteiger partial charge in [0, 0.05) is 53.0 Å². The molecule has 4 rings (SSSR count). The number of anilines is 2. The average Bonchev–Trinajstić information content (AvgIpc) is 2.78. The molecule has 0 fully saturated rings. The van der Waals surface area contributed by atoms with E-state index in [1.807, 2.05) is 48.7 Å². The normalized spacial score (nSPS) is 10.6. The van der Waals surface area contributed by atoms with E-state index in [1.165, 1.54) is 0 Å². The molecule has 0 amide bonds. The van der Waals surface area contributed by atoms with Crippen molar-refractivity contribution in [2.24, 2.45) is 0 Å². The second-order valence-corrected chi connectivity index (χ2v) is 6.40. The second kappa shape index (κ2) is 8.06. The molecule has 6 heteroatoms.